The number of anilines is 1. The Hall–Kier alpha value is -0.770. The molecule has 3 rings (SSSR count). The number of aliphatic hydroxyl groups is 1. The Labute approximate surface area is 132 Å². The molecule has 1 aromatic rings. The molecule has 0 bridgehead atoms. The lowest BCUT2D eigenvalue weighted by molar-refractivity contribution is 0.248. The smallest absolute Gasteiger partial charge is 0.0702 e. The molecule has 0 radical (unpaired) electrons. The molecule has 0 aromatic heterocycles. The molecule has 0 saturated carbocycles. The van der Waals surface area contributed by atoms with Crippen LogP contribution in [0.5, 0.6) is 0 Å². The lowest BCUT2D eigenvalue weighted by Crippen LogP contribution is -2.38. The molecule has 0 aliphatic carbocycles. The summed E-state index contributed by atoms with van der Waals surface area (Å²) in [5, 5.41) is 10.2. The van der Waals surface area contributed by atoms with E-state index >= 15 is 0 Å². The van der Waals surface area contributed by atoms with Crippen LogP contribution in [0.4, 0.5) is 5.69 Å². The Kier molecular flexibility index (Phi) is 5.04. The molecular formula is C17H25ClN2O. The quantitative estimate of drug-likeness (QED) is 0.925. The number of hydrogen-bond donors (Lipinski definition) is 1. The fraction of sp³-hybridized carbons (Fsp3) is 0.647. The van der Waals surface area contributed by atoms with E-state index in [1.807, 2.05) is 12.1 Å². The lowest BCUT2D eigenvalue weighted by Gasteiger charge is -2.36. The van der Waals surface area contributed by atoms with Crippen LogP contribution in [0, 0.1) is 5.92 Å². The van der Waals surface area contributed by atoms with Gasteiger partial charge in [-0.1, -0.05) is 11.6 Å². The lowest BCUT2D eigenvalue weighted by atomic mass is 9.95. The van der Waals surface area contributed by atoms with Gasteiger partial charge in [-0.25, -0.2) is 0 Å². The third-order valence-electron chi connectivity index (χ3n) is 4.88. The van der Waals surface area contributed by atoms with E-state index in [9.17, 15) is 5.11 Å². The molecule has 0 amide bonds. The van der Waals surface area contributed by atoms with Gasteiger partial charge < -0.3 is 14.9 Å². The number of piperidine rings is 1. The Morgan fingerprint density at radius 2 is 1.81 bits per heavy atom. The minimum absolute atomic E-state index is 0.0591. The monoisotopic (exact) mass is 308 g/mol. The number of benzene rings is 1. The molecule has 0 unspecified atom stereocenters. The van der Waals surface area contributed by atoms with Crippen molar-refractivity contribution in [3.8, 4) is 0 Å². The largest absolute Gasteiger partial charge is 0.392 e. The van der Waals surface area contributed by atoms with Crippen LogP contribution in [-0.4, -0.2) is 42.7 Å². The molecule has 2 aliphatic rings. The second-order valence-corrected chi connectivity index (χ2v) is 6.81. The summed E-state index contributed by atoms with van der Waals surface area (Å²) in [7, 11) is 0. The summed E-state index contributed by atoms with van der Waals surface area (Å²) in [6.07, 6.45) is 5.26. The molecule has 0 spiro atoms. The van der Waals surface area contributed by atoms with Crippen molar-refractivity contribution >= 4 is 17.3 Å². The molecule has 1 aromatic carbocycles. The van der Waals surface area contributed by atoms with Crippen LogP contribution >= 0.6 is 11.6 Å². The summed E-state index contributed by atoms with van der Waals surface area (Å²) in [6.45, 7) is 6.11. The zero-order valence-electron chi connectivity index (χ0n) is 12.6. The van der Waals surface area contributed by atoms with Gasteiger partial charge >= 0.3 is 0 Å². The first-order valence-electron chi connectivity index (χ1n) is 8.13. The average molecular weight is 309 g/mol. The molecular weight excluding hydrogens is 284 g/mol. The van der Waals surface area contributed by atoms with Gasteiger partial charge in [-0.3, -0.25) is 0 Å². The van der Waals surface area contributed by atoms with Crippen molar-refractivity contribution in [3.63, 3.8) is 0 Å². The Bertz CT molecular complexity index is 466. The average Bonchev–Trinajstić information content (AvgIpc) is 3.01. The Balaban J connectivity index is 1.57. The van der Waals surface area contributed by atoms with E-state index in [0.717, 1.165) is 30.3 Å². The van der Waals surface area contributed by atoms with Crippen LogP contribution in [0.1, 0.15) is 31.2 Å². The van der Waals surface area contributed by atoms with Crippen molar-refractivity contribution in [2.24, 2.45) is 5.92 Å². The number of rotatable bonds is 4. The maximum Gasteiger partial charge on any atom is 0.0702 e. The zero-order valence-corrected chi connectivity index (χ0v) is 13.4. The van der Waals surface area contributed by atoms with Gasteiger partial charge in [0.15, 0.2) is 0 Å². The number of nitrogens with zero attached hydrogens (tertiary/aromatic N) is 2. The predicted octanol–water partition coefficient (Wildman–Crippen LogP) is 3.14. The van der Waals surface area contributed by atoms with Crippen molar-refractivity contribution in [1.29, 1.82) is 0 Å². The highest BCUT2D eigenvalue weighted by molar-refractivity contribution is 6.30. The van der Waals surface area contributed by atoms with E-state index in [2.05, 4.69) is 15.9 Å². The Morgan fingerprint density at radius 1 is 1.10 bits per heavy atom. The summed E-state index contributed by atoms with van der Waals surface area (Å²) in [6, 6.07) is 5.86. The van der Waals surface area contributed by atoms with Gasteiger partial charge in [0.1, 0.15) is 0 Å². The van der Waals surface area contributed by atoms with Gasteiger partial charge in [0, 0.05) is 35.9 Å². The van der Waals surface area contributed by atoms with Gasteiger partial charge in [0.05, 0.1) is 6.61 Å². The molecule has 4 heteroatoms. The molecule has 2 heterocycles. The van der Waals surface area contributed by atoms with Gasteiger partial charge in [0.25, 0.3) is 0 Å². The normalized spacial score (nSPS) is 21.1. The van der Waals surface area contributed by atoms with E-state index in [1.165, 1.54) is 45.3 Å². The number of likely N-dealkylation sites (tertiary alicyclic amines) is 1. The molecule has 116 valence electrons. The van der Waals surface area contributed by atoms with Crippen molar-refractivity contribution in [2.75, 3.05) is 37.6 Å². The van der Waals surface area contributed by atoms with E-state index in [1.54, 1.807) is 0 Å². The second kappa shape index (κ2) is 6.99. The van der Waals surface area contributed by atoms with Crippen LogP contribution in [-0.2, 0) is 6.61 Å². The molecule has 2 saturated heterocycles. The van der Waals surface area contributed by atoms with Gasteiger partial charge in [-0.05, 0) is 62.9 Å². The van der Waals surface area contributed by atoms with Crippen LogP contribution in [0.3, 0.4) is 0 Å². The van der Waals surface area contributed by atoms with Crippen LogP contribution < -0.4 is 4.90 Å². The fourth-order valence-electron chi connectivity index (χ4n) is 3.68. The van der Waals surface area contributed by atoms with Crippen LogP contribution in [0.2, 0.25) is 5.02 Å². The van der Waals surface area contributed by atoms with Gasteiger partial charge in [-0.2, -0.15) is 0 Å². The van der Waals surface area contributed by atoms with E-state index < -0.39 is 0 Å². The maximum absolute atomic E-state index is 9.52. The van der Waals surface area contributed by atoms with Gasteiger partial charge in [0.2, 0.25) is 0 Å². The first-order valence-corrected chi connectivity index (χ1v) is 8.50. The zero-order chi connectivity index (χ0) is 14.7. The SMILES string of the molecule is OCc1cc(Cl)ccc1N1CCC(CN2CCCC2)CC1. The number of halogens is 1. The summed E-state index contributed by atoms with van der Waals surface area (Å²) in [4.78, 5) is 5.03. The first kappa shape index (κ1) is 15.1. The molecule has 1 N–H and O–H groups in total. The van der Waals surface area contributed by atoms with E-state index in [4.69, 9.17) is 11.6 Å². The summed E-state index contributed by atoms with van der Waals surface area (Å²) in [5.74, 6) is 0.837. The number of aliphatic hydroxyl groups excluding tert-OH is 1. The highest BCUT2D eigenvalue weighted by Crippen LogP contribution is 2.29. The molecule has 3 nitrogen and oxygen atoms in total. The van der Waals surface area contributed by atoms with Crippen LogP contribution in [0.25, 0.3) is 0 Å². The maximum atomic E-state index is 9.52. The minimum Gasteiger partial charge on any atom is -0.392 e. The number of hydrogen-bond acceptors (Lipinski definition) is 3. The molecule has 2 aliphatic heterocycles. The second-order valence-electron chi connectivity index (χ2n) is 6.37. The Morgan fingerprint density at radius 3 is 2.48 bits per heavy atom. The standard InChI is InChI=1S/C17H25ClN2O/c18-16-3-4-17(15(11-16)13-21)20-9-5-14(6-10-20)12-19-7-1-2-8-19/h3-4,11,14,21H,1-2,5-10,12-13H2. The molecule has 0 atom stereocenters. The van der Waals surface area contributed by atoms with Crippen molar-refractivity contribution in [1.82, 2.24) is 4.90 Å². The van der Waals surface area contributed by atoms with Gasteiger partial charge in [-0.15, -0.1) is 0 Å². The highest BCUT2D eigenvalue weighted by Gasteiger charge is 2.23. The summed E-state index contributed by atoms with van der Waals surface area (Å²) < 4.78 is 0. The summed E-state index contributed by atoms with van der Waals surface area (Å²) in [5.41, 5.74) is 2.10. The molecule has 21 heavy (non-hydrogen) atoms. The first-order chi connectivity index (χ1) is 10.3. The third kappa shape index (κ3) is 3.71. The summed E-state index contributed by atoms with van der Waals surface area (Å²) >= 11 is 6.02. The van der Waals surface area contributed by atoms with Crippen molar-refractivity contribution in [3.05, 3.63) is 28.8 Å². The fourth-order valence-corrected chi connectivity index (χ4v) is 3.87. The van der Waals surface area contributed by atoms with Crippen molar-refractivity contribution < 1.29 is 5.11 Å². The predicted molar refractivity (Wildman–Crippen MR) is 88.0 cm³/mol. The topological polar surface area (TPSA) is 26.7 Å². The highest BCUT2D eigenvalue weighted by atomic mass is 35.5. The third-order valence-corrected chi connectivity index (χ3v) is 5.12. The van der Waals surface area contributed by atoms with Crippen LogP contribution in [0.15, 0.2) is 18.2 Å². The minimum atomic E-state index is 0.0591. The van der Waals surface area contributed by atoms with Crippen molar-refractivity contribution in [2.45, 2.75) is 32.3 Å². The molecule has 2 fully saturated rings. The van der Waals surface area contributed by atoms with E-state index in [-0.39, 0.29) is 6.61 Å². The van der Waals surface area contributed by atoms with E-state index in [0.29, 0.717) is 5.02 Å².